The van der Waals surface area contributed by atoms with Gasteiger partial charge in [0.2, 0.25) is 5.91 Å². The van der Waals surface area contributed by atoms with Crippen molar-refractivity contribution in [1.82, 2.24) is 15.8 Å². The summed E-state index contributed by atoms with van der Waals surface area (Å²) in [7, 11) is 0. The number of benzene rings is 1. The second-order valence-electron chi connectivity index (χ2n) is 6.16. The Labute approximate surface area is 165 Å². The number of hydrazine groups is 1. The molecule has 2 aromatic heterocycles. The van der Waals surface area contributed by atoms with Crippen LogP contribution in [0.2, 0.25) is 0 Å². The van der Waals surface area contributed by atoms with Crippen molar-refractivity contribution in [2.24, 2.45) is 5.92 Å². The van der Waals surface area contributed by atoms with Crippen LogP contribution in [0.15, 0.2) is 72.4 Å². The highest BCUT2D eigenvalue weighted by Gasteiger charge is 2.53. The Hall–Kier alpha value is -3.52. The number of amides is 3. The topological polar surface area (TPSA) is 91.4 Å². The zero-order chi connectivity index (χ0) is 19.5. The fourth-order valence-electron chi connectivity index (χ4n) is 3.14. The third-order valence-corrected chi connectivity index (χ3v) is 5.43. The Morgan fingerprint density at radius 2 is 1.71 bits per heavy atom. The van der Waals surface area contributed by atoms with E-state index in [-0.39, 0.29) is 5.91 Å². The van der Waals surface area contributed by atoms with Crippen LogP contribution in [0.1, 0.15) is 21.3 Å². The Morgan fingerprint density at radius 1 is 0.964 bits per heavy atom. The van der Waals surface area contributed by atoms with E-state index >= 15 is 0 Å². The third kappa shape index (κ3) is 3.25. The van der Waals surface area contributed by atoms with Crippen molar-refractivity contribution in [2.45, 2.75) is 6.04 Å². The van der Waals surface area contributed by atoms with Gasteiger partial charge in [-0.15, -0.1) is 11.3 Å². The monoisotopic (exact) mass is 392 g/mol. The van der Waals surface area contributed by atoms with Gasteiger partial charge in [0.05, 0.1) is 6.04 Å². The number of anilines is 1. The van der Waals surface area contributed by atoms with Crippen LogP contribution in [0.5, 0.6) is 0 Å². The molecule has 1 fully saturated rings. The fraction of sp³-hybridized carbons (Fsp3) is 0.100. The van der Waals surface area contributed by atoms with Gasteiger partial charge in [0, 0.05) is 28.5 Å². The predicted molar refractivity (Wildman–Crippen MR) is 104 cm³/mol. The lowest BCUT2D eigenvalue weighted by molar-refractivity contribution is -0.141. The summed E-state index contributed by atoms with van der Waals surface area (Å²) < 4.78 is 0. The van der Waals surface area contributed by atoms with Crippen molar-refractivity contribution >= 4 is 34.7 Å². The molecular formula is C20H16N4O3S. The lowest BCUT2D eigenvalue weighted by Gasteiger charge is -2.45. The van der Waals surface area contributed by atoms with E-state index in [4.69, 9.17) is 0 Å². The molecule has 1 aromatic carbocycles. The van der Waals surface area contributed by atoms with E-state index < -0.39 is 23.8 Å². The maximum atomic E-state index is 12.8. The van der Waals surface area contributed by atoms with E-state index in [0.717, 1.165) is 10.6 Å². The van der Waals surface area contributed by atoms with Crippen LogP contribution in [0, 0.1) is 5.92 Å². The number of aromatic nitrogens is 1. The summed E-state index contributed by atoms with van der Waals surface area (Å²) >= 11 is 1.48. The first-order valence-corrected chi connectivity index (χ1v) is 9.46. The molecule has 4 rings (SSSR count). The van der Waals surface area contributed by atoms with Gasteiger partial charge in [-0.1, -0.05) is 24.3 Å². The first kappa shape index (κ1) is 17.9. The average molecular weight is 392 g/mol. The van der Waals surface area contributed by atoms with Crippen LogP contribution in [0.25, 0.3) is 0 Å². The lowest BCUT2D eigenvalue weighted by atomic mass is 9.84. The Bertz CT molecular complexity index is 993. The highest BCUT2D eigenvalue weighted by molar-refractivity contribution is 7.10. The van der Waals surface area contributed by atoms with Crippen LogP contribution in [0.4, 0.5) is 5.69 Å². The number of nitrogens with one attached hydrogen (secondary N) is 2. The summed E-state index contributed by atoms with van der Waals surface area (Å²) in [6.45, 7) is 0. The van der Waals surface area contributed by atoms with E-state index in [1.807, 2.05) is 47.8 Å². The molecule has 3 amide bonds. The number of nitrogens with zero attached hydrogens (tertiary/aromatic N) is 2. The smallest absolute Gasteiger partial charge is 0.269 e. The number of rotatable bonds is 4. The quantitative estimate of drug-likeness (QED) is 0.405. The largest absolute Gasteiger partial charge is 0.302 e. The molecule has 140 valence electrons. The van der Waals surface area contributed by atoms with Crippen LogP contribution < -0.4 is 15.8 Å². The molecule has 28 heavy (non-hydrogen) atoms. The summed E-state index contributed by atoms with van der Waals surface area (Å²) in [5.41, 5.74) is 5.82. The summed E-state index contributed by atoms with van der Waals surface area (Å²) in [5, 5.41) is 1.90. The van der Waals surface area contributed by atoms with E-state index in [1.165, 1.54) is 35.9 Å². The number of para-hydroxylation sites is 1. The van der Waals surface area contributed by atoms with Gasteiger partial charge in [-0.2, -0.15) is 0 Å². The van der Waals surface area contributed by atoms with Crippen molar-refractivity contribution in [3.63, 3.8) is 0 Å². The van der Waals surface area contributed by atoms with Crippen LogP contribution in [-0.2, 0) is 9.59 Å². The molecule has 3 heterocycles. The van der Waals surface area contributed by atoms with Crippen LogP contribution >= 0.6 is 11.3 Å². The van der Waals surface area contributed by atoms with Crippen LogP contribution in [0.3, 0.4) is 0 Å². The van der Waals surface area contributed by atoms with E-state index in [1.54, 1.807) is 4.90 Å². The molecule has 1 saturated heterocycles. The Kier molecular flexibility index (Phi) is 4.86. The second kappa shape index (κ2) is 7.61. The van der Waals surface area contributed by atoms with E-state index in [0.29, 0.717) is 5.56 Å². The molecule has 2 N–H and O–H groups in total. The molecule has 3 aromatic rings. The lowest BCUT2D eigenvalue weighted by Crippen LogP contribution is -2.62. The molecule has 1 aliphatic heterocycles. The van der Waals surface area contributed by atoms with Gasteiger partial charge in [-0.3, -0.25) is 30.2 Å². The molecule has 2 atom stereocenters. The number of β-lactam (4-membered cyclic amide) rings is 1. The summed E-state index contributed by atoms with van der Waals surface area (Å²) in [4.78, 5) is 43.9. The molecule has 0 aliphatic carbocycles. The zero-order valence-electron chi connectivity index (χ0n) is 14.6. The number of hydrogen-bond donors (Lipinski definition) is 2. The summed E-state index contributed by atoms with van der Waals surface area (Å²) in [6.07, 6.45) is 2.97. The minimum Gasteiger partial charge on any atom is -0.302 e. The maximum absolute atomic E-state index is 12.8. The van der Waals surface area contributed by atoms with Gasteiger partial charge in [0.25, 0.3) is 11.8 Å². The van der Waals surface area contributed by atoms with Gasteiger partial charge in [-0.25, -0.2) is 0 Å². The van der Waals surface area contributed by atoms with Crippen molar-refractivity contribution < 1.29 is 14.4 Å². The number of pyridine rings is 1. The van der Waals surface area contributed by atoms with Gasteiger partial charge >= 0.3 is 0 Å². The highest BCUT2D eigenvalue weighted by Crippen LogP contribution is 2.44. The minimum atomic E-state index is -0.906. The molecule has 0 spiro atoms. The van der Waals surface area contributed by atoms with Gasteiger partial charge in [0.15, 0.2) is 0 Å². The highest BCUT2D eigenvalue weighted by atomic mass is 32.1. The molecule has 0 unspecified atom stereocenters. The molecule has 7 nitrogen and oxygen atoms in total. The molecule has 0 radical (unpaired) electrons. The first-order valence-electron chi connectivity index (χ1n) is 8.58. The first-order chi connectivity index (χ1) is 13.7. The number of thiophene rings is 1. The van der Waals surface area contributed by atoms with Crippen LogP contribution in [-0.4, -0.2) is 22.7 Å². The normalized spacial score (nSPS) is 18.3. The van der Waals surface area contributed by atoms with Crippen molar-refractivity contribution in [1.29, 1.82) is 0 Å². The maximum Gasteiger partial charge on any atom is 0.269 e. The van der Waals surface area contributed by atoms with Crippen molar-refractivity contribution in [2.75, 3.05) is 4.90 Å². The number of carbonyl (C=O) groups excluding carboxylic acids is 3. The summed E-state index contributed by atoms with van der Waals surface area (Å²) in [6, 6.07) is 15.6. The summed E-state index contributed by atoms with van der Waals surface area (Å²) in [5.74, 6) is -2.23. The Morgan fingerprint density at radius 3 is 2.39 bits per heavy atom. The predicted octanol–water partition coefficient (Wildman–Crippen LogP) is 2.31. The zero-order valence-corrected chi connectivity index (χ0v) is 15.4. The van der Waals surface area contributed by atoms with Crippen molar-refractivity contribution in [3.05, 3.63) is 82.8 Å². The molecule has 8 heteroatoms. The molecule has 0 saturated carbocycles. The number of carbonyl (C=O) groups is 3. The van der Waals surface area contributed by atoms with Gasteiger partial charge in [0.1, 0.15) is 5.92 Å². The van der Waals surface area contributed by atoms with Gasteiger partial charge in [-0.05, 0) is 35.7 Å². The second-order valence-corrected chi connectivity index (χ2v) is 7.14. The average Bonchev–Trinajstić information content (AvgIpc) is 3.25. The molecule has 0 bridgehead atoms. The Balaban J connectivity index is 1.51. The van der Waals surface area contributed by atoms with Crippen molar-refractivity contribution in [3.8, 4) is 0 Å². The van der Waals surface area contributed by atoms with E-state index in [9.17, 15) is 14.4 Å². The molecular weight excluding hydrogens is 376 g/mol. The number of hydrogen-bond acceptors (Lipinski definition) is 5. The third-order valence-electron chi connectivity index (χ3n) is 4.49. The SMILES string of the molecule is O=C(NNC(=O)[C@@H]1C(=O)N(c2ccccc2)[C@H]1c1cccs1)c1ccncc1. The minimum absolute atomic E-state index is 0.305. The van der Waals surface area contributed by atoms with E-state index in [2.05, 4.69) is 15.8 Å². The standard InChI is InChI=1S/C20H16N4O3S/c25-18(13-8-10-21-11-9-13)22-23-19(26)16-17(15-7-4-12-28-15)24(20(16)27)14-5-2-1-3-6-14/h1-12,16-17H,(H,22,25)(H,23,26)/t16-,17+/m1/s1. The molecule has 1 aliphatic rings. The fourth-order valence-corrected chi connectivity index (χ4v) is 4.00. The van der Waals surface area contributed by atoms with Gasteiger partial charge < -0.3 is 4.90 Å².